The second kappa shape index (κ2) is 6.15. The van der Waals surface area contributed by atoms with E-state index < -0.39 is 0 Å². The van der Waals surface area contributed by atoms with Crippen molar-refractivity contribution in [1.29, 1.82) is 0 Å². The van der Waals surface area contributed by atoms with Crippen LogP contribution in [0.1, 0.15) is 36.0 Å². The van der Waals surface area contributed by atoms with Gasteiger partial charge in [0.25, 0.3) is 0 Å². The summed E-state index contributed by atoms with van der Waals surface area (Å²) in [4.78, 5) is 0. The minimum atomic E-state index is 0. The van der Waals surface area contributed by atoms with E-state index >= 15 is 0 Å². The highest BCUT2D eigenvalue weighted by Gasteiger charge is 2.53. The van der Waals surface area contributed by atoms with E-state index in [0.717, 1.165) is 13.2 Å². The highest BCUT2D eigenvalue weighted by Crippen LogP contribution is 2.43. The summed E-state index contributed by atoms with van der Waals surface area (Å²) in [5, 5.41) is 0. The SMILES string of the molecule is C#C.CC.C[C@@H]1CO[C@]2(C)[C@H](C)CO[C@H]12.[HH]. The highest BCUT2D eigenvalue weighted by atomic mass is 16.6. The molecule has 0 amide bonds. The molecule has 4 atom stereocenters. The molecule has 90 valence electrons. The van der Waals surface area contributed by atoms with E-state index in [1.165, 1.54) is 0 Å². The number of rotatable bonds is 0. The normalized spacial score (nSPS) is 41.9. The predicted octanol–water partition coefficient (Wildman–Crippen LogP) is 2.97. The lowest BCUT2D eigenvalue weighted by Gasteiger charge is -2.26. The van der Waals surface area contributed by atoms with Gasteiger partial charge in [-0.2, -0.15) is 0 Å². The average molecular weight is 214 g/mol. The summed E-state index contributed by atoms with van der Waals surface area (Å²) in [6.45, 7) is 12.3. The van der Waals surface area contributed by atoms with Gasteiger partial charge in [0.1, 0.15) is 0 Å². The third-order valence-corrected chi connectivity index (χ3v) is 3.24. The molecule has 0 spiro atoms. The van der Waals surface area contributed by atoms with Crippen LogP contribution in [-0.2, 0) is 9.47 Å². The van der Waals surface area contributed by atoms with Crippen LogP contribution in [0.25, 0.3) is 0 Å². The van der Waals surface area contributed by atoms with Crippen molar-refractivity contribution >= 4 is 0 Å². The van der Waals surface area contributed by atoms with E-state index in [1.807, 2.05) is 13.8 Å². The Kier molecular flexibility index (Phi) is 5.93. The first kappa shape index (κ1) is 14.5. The minimum absolute atomic E-state index is 0. The second-order valence-corrected chi connectivity index (χ2v) is 4.13. The van der Waals surface area contributed by atoms with Crippen LogP contribution in [0.5, 0.6) is 0 Å². The van der Waals surface area contributed by atoms with Crippen molar-refractivity contribution in [2.45, 2.75) is 46.3 Å². The van der Waals surface area contributed by atoms with Gasteiger partial charge in [-0.3, -0.25) is 0 Å². The van der Waals surface area contributed by atoms with Crippen LogP contribution < -0.4 is 0 Å². The second-order valence-electron chi connectivity index (χ2n) is 4.13. The number of hydrogen-bond donors (Lipinski definition) is 0. The van der Waals surface area contributed by atoms with Crippen molar-refractivity contribution in [2.75, 3.05) is 13.2 Å². The first-order valence-corrected chi connectivity index (χ1v) is 5.73. The van der Waals surface area contributed by atoms with Crippen LogP contribution >= 0.6 is 0 Å². The molecule has 2 aliphatic rings. The third kappa shape index (κ3) is 2.53. The summed E-state index contributed by atoms with van der Waals surface area (Å²) in [5.41, 5.74) is 0.0133. The van der Waals surface area contributed by atoms with Gasteiger partial charge in [0.05, 0.1) is 24.9 Å². The van der Waals surface area contributed by atoms with E-state index in [4.69, 9.17) is 9.47 Å². The van der Waals surface area contributed by atoms with E-state index in [-0.39, 0.29) is 7.03 Å². The Hall–Kier alpha value is -0.520. The molecule has 2 fully saturated rings. The standard InChI is InChI=1S/C9H16O2.C2H6.C2H2.H2/c1-6-4-11-9(3)7(2)5-10-8(6)9;2*1-2;/h6-8H,4-5H2,1-3H3;1-2H3;1-2H;1H/t6-,7-,8-,9-;;;/m1.../s1. The molecule has 0 saturated carbocycles. The smallest absolute Gasteiger partial charge is 0.0965 e. The molecule has 0 unspecified atom stereocenters. The topological polar surface area (TPSA) is 18.5 Å². The lowest BCUT2D eigenvalue weighted by molar-refractivity contribution is -0.0244. The molecular weight excluding hydrogens is 188 g/mol. The first-order chi connectivity index (χ1) is 7.14. The fourth-order valence-electron chi connectivity index (χ4n) is 2.21. The summed E-state index contributed by atoms with van der Waals surface area (Å²) in [6, 6.07) is 0. The summed E-state index contributed by atoms with van der Waals surface area (Å²) < 4.78 is 11.4. The van der Waals surface area contributed by atoms with E-state index in [1.54, 1.807) is 0 Å². The van der Waals surface area contributed by atoms with Gasteiger partial charge >= 0.3 is 0 Å². The lowest BCUT2D eigenvalue weighted by atomic mass is 9.86. The number of fused-ring (bicyclic) bond motifs is 1. The lowest BCUT2D eigenvalue weighted by Crippen LogP contribution is -2.37. The molecule has 0 aliphatic carbocycles. The van der Waals surface area contributed by atoms with Gasteiger partial charge in [-0.25, -0.2) is 0 Å². The maximum Gasteiger partial charge on any atom is 0.0965 e. The molecule has 2 heterocycles. The summed E-state index contributed by atoms with van der Waals surface area (Å²) in [6.07, 6.45) is 8.34. The minimum Gasteiger partial charge on any atom is -0.374 e. The molecular formula is C13H26O2. The van der Waals surface area contributed by atoms with Crippen molar-refractivity contribution in [3.05, 3.63) is 0 Å². The van der Waals surface area contributed by atoms with Crippen molar-refractivity contribution in [1.82, 2.24) is 0 Å². The number of terminal acetylenes is 1. The molecule has 0 bridgehead atoms. The Morgan fingerprint density at radius 2 is 1.73 bits per heavy atom. The van der Waals surface area contributed by atoms with E-state index in [2.05, 4.69) is 33.6 Å². The van der Waals surface area contributed by atoms with Gasteiger partial charge in [0.15, 0.2) is 0 Å². The van der Waals surface area contributed by atoms with Crippen LogP contribution in [0, 0.1) is 24.7 Å². The zero-order valence-corrected chi connectivity index (χ0v) is 10.6. The van der Waals surface area contributed by atoms with Crippen molar-refractivity contribution in [3.63, 3.8) is 0 Å². The van der Waals surface area contributed by atoms with E-state index in [9.17, 15) is 0 Å². The number of hydrogen-bond acceptors (Lipinski definition) is 2. The fourth-order valence-corrected chi connectivity index (χ4v) is 2.21. The molecule has 15 heavy (non-hydrogen) atoms. The highest BCUT2D eigenvalue weighted by molar-refractivity contribution is 5.01. The maximum absolute atomic E-state index is 5.76. The Morgan fingerprint density at radius 1 is 1.20 bits per heavy atom. The van der Waals surface area contributed by atoms with Crippen LogP contribution in [0.4, 0.5) is 0 Å². The summed E-state index contributed by atoms with van der Waals surface area (Å²) in [7, 11) is 0. The molecule has 2 saturated heterocycles. The molecule has 2 aliphatic heterocycles. The van der Waals surface area contributed by atoms with Crippen LogP contribution in [0.2, 0.25) is 0 Å². The molecule has 0 N–H and O–H groups in total. The van der Waals surface area contributed by atoms with Gasteiger partial charge in [-0.15, -0.1) is 12.8 Å². The van der Waals surface area contributed by atoms with Crippen LogP contribution in [0.15, 0.2) is 0 Å². The fraction of sp³-hybridized carbons (Fsp3) is 0.846. The van der Waals surface area contributed by atoms with Gasteiger partial charge in [0.2, 0.25) is 0 Å². The Bertz CT molecular complexity index is 205. The van der Waals surface area contributed by atoms with Crippen molar-refractivity contribution in [3.8, 4) is 12.8 Å². The predicted molar refractivity (Wildman–Crippen MR) is 65.8 cm³/mol. The van der Waals surface area contributed by atoms with Gasteiger partial charge in [0, 0.05) is 13.3 Å². The molecule has 2 heteroatoms. The monoisotopic (exact) mass is 214 g/mol. The van der Waals surface area contributed by atoms with Gasteiger partial charge in [-0.1, -0.05) is 27.7 Å². The first-order valence-electron chi connectivity index (χ1n) is 5.73. The van der Waals surface area contributed by atoms with Gasteiger partial charge < -0.3 is 9.47 Å². The Balaban J connectivity index is 0. The Morgan fingerprint density at radius 3 is 2.20 bits per heavy atom. The largest absolute Gasteiger partial charge is 0.374 e. The molecule has 0 aromatic rings. The average Bonchev–Trinajstić information content (AvgIpc) is 2.74. The molecule has 0 aromatic heterocycles. The molecule has 2 nitrogen and oxygen atoms in total. The zero-order chi connectivity index (χ0) is 12.1. The summed E-state index contributed by atoms with van der Waals surface area (Å²) in [5.74, 6) is 1.13. The zero-order valence-electron chi connectivity index (χ0n) is 10.6. The van der Waals surface area contributed by atoms with Gasteiger partial charge in [-0.05, 0) is 6.92 Å². The molecule has 0 radical (unpaired) electrons. The molecule has 2 rings (SSSR count). The van der Waals surface area contributed by atoms with Crippen LogP contribution in [0.3, 0.4) is 0 Å². The van der Waals surface area contributed by atoms with Crippen LogP contribution in [-0.4, -0.2) is 24.9 Å². The van der Waals surface area contributed by atoms with Crippen molar-refractivity contribution < 1.29 is 10.9 Å². The van der Waals surface area contributed by atoms with Crippen molar-refractivity contribution in [2.24, 2.45) is 11.8 Å². The van der Waals surface area contributed by atoms with E-state index in [0.29, 0.717) is 17.9 Å². The number of ether oxygens (including phenoxy) is 2. The maximum atomic E-state index is 5.76. The quantitative estimate of drug-likeness (QED) is 0.577. The summed E-state index contributed by atoms with van der Waals surface area (Å²) >= 11 is 0. The third-order valence-electron chi connectivity index (χ3n) is 3.24. The Labute approximate surface area is 95.8 Å². The molecule has 0 aromatic carbocycles.